The molecule has 1 aromatic carbocycles. The molecule has 4 nitrogen and oxygen atoms in total. The summed E-state index contributed by atoms with van der Waals surface area (Å²) in [6.07, 6.45) is 2.95. The Hall–Kier alpha value is -1.42. The molecule has 0 amide bonds. The zero-order valence-electron chi connectivity index (χ0n) is 9.35. The second-order valence-electron chi connectivity index (χ2n) is 4.59. The fourth-order valence-electron chi connectivity index (χ4n) is 1.96. The molecule has 0 aromatic heterocycles. The van der Waals surface area contributed by atoms with Gasteiger partial charge in [-0.2, -0.15) is 0 Å². The van der Waals surface area contributed by atoms with Crippen LogP contribution in [0.1, 0.15) is 24.0 Å². The molecule has 1 atom stereocenters. The van der Waals surface area contributed by atoms with E-state index in [-0.39, 0.29) is 16.7 Å². The summed E-state index contributed by atoms with van der Waals surface area (Å²) in [6, 6.07) is 5.42. The first-order valence-electron chi connectivity index (χ1n) is 5.57. The van der Waals surface area contributed by atoms with Crippen molar-refractivity contribution in [3.63, 3.8) is 0 Å². The number of benzene rings is 1. The van der Waals surface area contributed by atoms with Crippen LogP contribution < -0.4 is 5.73 Å². The summed E-state index contributed by atoms with van der Waals surface area (Å²) in [4.78, 5) is 10.6. The second-order valence-corrected chi connectivity index (χ2v) is 4.59. The van der Waals surface area contributed by atoms with E-state index in [2.05, 4.69) is 0 Å². The standard InChI is InChI=1S/C12H16N2O2/c1-8-2-3-10(12(6-8)14(15)16)7-11(13)9-4-5-9/h2-3,6,9,11H,4-5,7,13H2,1H3. The maximum atomic E-state index is 10.9. The summed E-state index contributed by atoms with van der Waals surface area (Å²) >= 11 is 0. The molecule has 0 bridgehead atoms. The van der Waals surface area contributed by atoms with Crippen molar-refractivity contribution in [1.29, 1.82) is 0 Å². The molecule has 0 spiro atoms. The highest BCUT2D eigenvalue weighted by Gasteiger charge is 2.29. The van der Waals surface area contributed by atoms with Crippen LogP contribution in [0, 0.1) is 23.0 Å². The lowest BCUT2D eigenvalue weighted by atomic mass is 10.0. The summed E-state index contributed by atoms with van der Waals surface area (Å²) in [6.45, 7) is 1.86. The Morgan fingerprint density at radius 2 is 2.25 bits per heavy atom. The minimum atomic E-state index is -0.318. The van der Waals surface area contributed by atoms with Crippen LogP contribution in [0.3, 0.4) is 0 Å². The van der Waals surface area contributed by atoms with Crippen molar-refractivity contribution in [3.05, 3.63) is 39.4 Å². The van der Waals surface area contributed by atoms with Crippen molar-refractivity contribution in [1.82, 2.24) is 0 Å². The van der Waals surface area contributed by atoms with Crippen LogP contribution in [0.5, 0.6) is 0 Å². The molecule has 0 aliphatic heterocycles. The van der Waals surface area contributed by atoms with Crippen LogP contribution >= 0.6 is 0 Å². The van der Waals surface area contributed by atoms with E-state index in [1.54, 1.807) is 6.07 Å². The average molecular weight is 220 g/mol. The van der Waals surface area contributed by atoms with Gasteiger partial charge in [0.1, 0.15) is 0 Å². The number of nitrogens with two attached hydrogens (primary N) is 1. The van der Waals surface area contributed by atoms with E-state index in [4.69, 9.17) is 5.73 Å². The highest BCUT2D eigenvalue weighted by molar-refractivity contribution is 5.43. The molecular weight excluding hydrogens is 204 g/mol. The maximum Gasteiger partial charge on any atom is 0.272 e. The highest BCUT2D eigenvalue weighted by Crippen LogP contribution is 2.34. The quantitative estimate of drug-likeness (QED) is 0.624. The van der Waals surface area contributed by atoms with Crippen LogP contribution in [-0.2, 0) is 6.42 Å². The molecule has 86 valence electrons. The number of rotatable bonds is 4. The van der Waals surface area contributed by atoms with E-state index < -0.39 is 0 Å². The summed E-state index contributed by atoms with van der Waals surface area (Å²) in [7, 11) is 0. The van der Waals surface area contributed by atoms with E-state index in [9.17, 15) is 10.1 Å². The van der Waals surface area contributed by atoms with E-state index in [0.29, 0.717) is 12.3 Å². The number of nitro benzene ring substituents is 1. The second kappa shape index (κ2) is 4.22. The first kappa shape index (κ1) is 11.1. The fraction of sp³-hybridized carbons (Fsp3) is 0.500. The Morgan fingerprint density at radius 1 is 1.56 bits per heavy atom. The topological polar surface area (TPSA) is 69.2 Å². The highest BCUT2D eigenvalue weighted by atomic mass is 16.6. The smallest absolute Gasteiger partial charge is 0.272 e. The van der Waals surface area contributed by atoms with Crippen LogP contribution in [0.4, 0.5) is 5.69 Å². The van der Waals surface area contributed by atoms with Gasteiger partial charge in [0.15, 0.2) is 0 Å². The van der Waals surface area contributed by atoms with Gasteiger partial charge in [-0.1, -0.05) is 12.1 Å². The van der Waals surface area contributed by atoms with Gasteiger partial charge in [-0.3, -0.25) is 10.1 Å². The predicted octanol–water partition coefficient (Wildman–Crippen LogP) is 2.18. The maximum absolute atomic E-state index is 10.9. The molecule has 1 fully saturated rings. The third-order valence-corrected chi connectivity index (χ3v) is 3.12. The van der Waals surface area contributed by atoms with Crippen LogP contribution in [0.15, 0.2) is 18.2 Å². The summed E-state index contributed by atoms with van der Waals surface area (Å²) < 4.78 is 0. The number of aryl methyl sites for hydroxylation is 1. The molecule has 0 saturated heterocycles. The van der Waals surface area contributed by atoms with Crippen LogP contribution in [-0.4, -0.2) is 11.0 Å². The Kier molecular flexibility index (Phi) is 2.92. The van der Waals surface area contributed by atoms with Gasteiger partial charge in [-0.15, -0.1) is 0 Å². The molecule has 2 rings (SSSR count). The molecule has 0 radical (unpaired) electrons. The SMILES string of the molecule is Cc1ccc(CC(N)C2CC2)c([N+](=O)[O-])c1. The molecule has 2 N–H and O–H groups in total. The minimum Gasteiger partial charge on any atom is -0.327 e. The fourth-order valence-corrected chi connectivity index (χ4v) is 1.96. The summed E-state index contributed by atoms with van der Waals surface area (Å²) in [5, 5.41) is 10.9. The first-order chi connectivity index (χ1) is 7.58. The largest absolute Gasteiger partial charge is 0.327 e. The van der Waals surface area contributed by atoms with E-state index in [1.165, 1.54) is 12.8 Å². The lowest BCUT2D eigenvalue weighted by molar-refractivity contribution is -0.385. The van der Waals surface area contributed by atoms with Gasteiger partial charge in [0.25, 0.3) is 5.69 Å². The molecule has 4 heteroatoms. The van der Waals surface area contributed by atoms with Crippen molar-refractivity contribution in [2.24, 2.45) is 11.7 Å². The normalized spacial score (nSPS) is 17.1. The number of nitrogens with zero attached hydrogens (tertiary/aromatic N) is 1. The van der Waals surface area contributed by atoms with Crippen molar-refractivity contribution in [2.45, 2.75) is 32.2 Å². The van der Waals surface area contributed by atoms with Gasteiger partial charge in [-0.25, -0.2) is 0 Å². The zero-order valence-corrected chi connectivity index (χ0v) is 9.35. The first-order valence-corrected chi connectivity index (χ1v) is 5.57. The van der Waals surface area contributed by atoms with Gasteiger partial charge in [-0.05, 0) is 37.7 Å². The number of hydrogen-bond donors (Lipinski definition) is 1. The molecular formula is C12H16N2O2. The molecule has 1 aliphatic carbocycles. The van der Waals surface area contributed by atoms with Crippen molar-refractivity contribution in [3.8, 4) is 0 Å². The number of nitro groups is 1. The number of hydrogen-bond acceptors (Lipinski definition) is 3. The monoisotopic (exact) mass is 220 g/mol. The third-order valence-electron chi connectivity index (χ3n) is 3.12. The van der Waals surface area contributed by atoms with E-state index in [0.717, 1.165) is 11.1 Å². The molecule has 1 aliphatic rings. The Morgan fingerprint density at radius 3 is 2.81 bits per heavy atom. The zero-order chi connectivity index (χ0) is 11.7. The van der Waals surface area contributed by atoms with Crippen molar-refractivity contribution < 1.29 is 4.92 Å². The Bertz CT molecular complexity index is 413. The molecule has 1 unspecified atom stereocenters. The lowest BCUT2D eigenvalue weighted by Gasteiger charge is -2.10. The minimum absolute atomic E-state index is 0.0707. The van der Waals surface area contributed by atoms with E-state index in [1.807, 2.05) is 19.1 Å². The van der Waals surface area contributed by atoms with Crippen LogP contribution in [0.25, 0.3) is 0 Å². The average Bonchev–Trinajstić information content (AvgIpc) is 3.03. The Labute approximate surface area is 94.6 Å². The van der Waals surface area contributed by atoms with Crippen molar-refractivity contribution in [2.75, 3.05) is 0 Å². The Balaban J connectivity index is 2.21. The van der Waals surface area contributed by atoms with Gasteiger partial charge >= 0.3 is 0 Å². The van der Waals surface area contributed by atoms with Gasteiger partial charge in [0, 0.05) is 17.7 Å². The lowest BCUT2D eigenvalue weighted by Crippen LogP contribution is -2.25. The van der Waals surface area contributed by atoms with Crippen molar-refractivity contribution >= 4 is 5.69 Å². The third kappa shape index (κ3) is 2.39. The van der Waals surface area contributed by atoms with Crippen LogP contribution in [0.2, 0.25) is 0 Å². The molecule has 0 heterocycles. The molecule has 16 heavy (non-hydrogen) atoms. The van der Waals surface area contributed by atoms with E-state index >= 15 is 0 Å². The summed E-state index contributed by atoms with van der Waals surface area (Å²) in [5.41, 5.74) is 7.87. The van der Waals surface area contributed by atoms with Gasteiger partial charge in [0.2, 0.25) is 0 Å². The molecule has 1 aromatic rings. The van der Waals surface area contributed by atoms with Gasteiger partial charge < -0.3 is 5.73 Å². The molecule has 1 saturated carbocycles. The summed E-state index contributed by atoms with van der Waals surface area (Å²) in [5.74, 6) is 0.570. The predicted molar refractivity (Wildman–Crippen MR) is 62.2 cm³/mol. The van der Waals surface area contributed by atoms with Gasteiger partial charge in [0.05, 0.1) is 4.92 Å².